The van der Waals surface area contributed by atoms with E-state index in [4.69, 9.17) is 4.74 Å². The molecule has 0 aliphatic heterocycles. The minimum Gasteiger partial charge on any atom is -0.494 e. The Hall–Kier alpha value is -2.16. The molecule has 0 unspecified atom stereocenters. The van der Waals surface area contributed by atoms with E-state index in [2.05, 4.69) is 0 Å². The molecule has 0 heterocycles. The lowest BCUT2D eigenvalue weighted by molar-refractivity contribution is 0.112. The van der Waals surface area contributed by atoms with Gasteiger partial charge in [0.05, 0.1) is 7.11 Å². The molecule has 0 aliphatic carbocycles. The van der Waals surface area contributed by atoms with Gasteiger partial charge in [0.15, 0.2) is 17.9 Å². The number of hydrogen-bond acceptors (Lipinski definition) is 2. The van der Waals surface area contributed by atoms with E-state index in [9.17, 15) is 9.18 Å². The van der Waals surface area contributed by atoms with Gasteiger partial charge in [0.1, 0.15) is 0 Å². The Bertz CT molecular complexity index is 591. The maximum atomic E-state index is 14.1. The van der Waals surface area contributed by atoms with Crippen LogP contribution < -0.4 is 4.74 Å². The topological polar surface area (TPSA) is 26.3 Å². The van der Waals surface area contributed by atoms with Gasteiger partial charge in [0, 0.05) is 11.1 Å². The molecule has 0 bridgehead atoms. The quantitative estimate of drug-likeness (QED) is 0.771. The van der Waals surface area contributed by atoms with Crippen molar-refractivity contribution in [3.63, 3.8) is 0 Å². The van der Waals surface area contributed by atoms with Crippen molar-refractivity contribution in [2.75, 3.05) is 7.11 Å². The number of aryl methyl sites for hydroxylation is 1. The summed E-state index contributed by atoms with van der Waals surface area (Å²) in [4.78, 5) is 11.1. The van der Waals surface area contributed by atoms with Crippen LogP contribution in [0.25, 0.3) is 11.1 Å². The minimum absolute atomic E-state index is 0.171. The molecule has 0 aliphatic rings. The molecule has 2 aromatic carbocycles. The molecule has 18 heavy (non-hydrogen) atoms. The Morgan fingerprint density at radius 3 is 2.61 bits per heavy atom. The smallest absolute Gasteiger partial charge is 0.172 e. The monoisotopic (exact) mass is 244 g/mol. The second-order valence-electron chi connectivity index (χ2n) is 4.03. The first-order chi connectivity index (χ1) is 8.67. The third-order valence-electron chi connectivity index (χ3n) is 2.81. The Balaban J connectivity index is 2.65. The highest BCUT2D eigenvalue weighted by Crippen LogP contribution is 2.31. The summed E-state index contributed by atoms with van der Waals surface area (Å²) < 4.78 is 19.1. The first kappa shape index (κ1) is 12.3. The van der Waals surface area contributed by atoms with Crippen molar-refractivity contribution in [1.82, 2.24) is 0 Å². The van der Waals surface area contributed by atoms with Crippen LogP contribution in [-0.2, 0) is 0 Å². The fourth-order valence-electron chi connectivity index (χ4n) is 1.90. The average Bonchev–Trinajstić information content (AvgIpc) is 2.39. The van der Waals surface area contributed by atoms with Crippen molar-refractivity contribution in [2.24, 2.45) is 0 Å². The number of rotatable bonds is 3. The van der Waals surface area contributed by atoms with Gasteiger partial charge in [0.2, 0.25) is 0 Å². The fourth-order valence-corrected chi connectivity index (χ4v) is 1.90. The van der Waals surface area contributed by atoms with Crippen LogP contribution in [0.2, 0.25) is 0 Å². The van der Waals surface area contributed by atoms with E-state index in [0.29, 0.717) is 16.7 Å². The molecular formula is C15H13FO2. The van der Waals surface area contributed by atoms with Crippen LogP contribution in [0.5, 0.6) is 5.75 Å². The number of hydrogen-bond donors (Lipinski definition) is 0. The summed E-state index contributed by atoms with van der Waals surface area (Å²) in [6, 6.07) is 10.2. The molecular weight excluding hydrogens is 231 g/mol. The first-order valence-corrected chi connectivity index (χ1v) is 5.56. The van der Waals surface area contributed by atoms with Crippen molar-refractivity contribution in [3.05, 3.63) is 53.3 Å². The molecule has 0 aromatic heterocycles. The first-order valence-electron chi connectivity index (χ1n) is 5.56. The molecule has 3 heteroatoms. The van der Waals surface area contributed by atoms with Gasteiger partial charge in [0.25, 0.3) is 0 Å². The van der Waals surface area contributed by atoms with Gasteiger partial charge < -0.3 is 4.74 Å². The number of halogens is 1. The van der Waals surface area contributed by atoms with E-state index in [1.54, 1.807) is 30.3 Å². The van der Waals surface area contributed by atoms with Crippen LogP contribution >= 0.6 is 0 Å². The average molecular weight is 244 g/mol. The molecule has 0 amide bonds. The lowest BCUT2D eigenvalue weighted by atomic mass is 9.98. The predicted octanol–water partition coefficient (Wildman–Crippen LogP) is 3.62. The number of benzene rings is 2. The van der Waals surface area contributed by atoms with Crippen molar-refractivity contribution in [3.8, 4) is 16.9 Å². The zero-order valence-corrected chi connectivity index (χ0v) is 10.2. The lowest BCUT2D eigenvalue weighted by Gasteiger charge is -2.10. The predicted molar refractivity (Wildman–Crippen MR) is 68.5 cm³/mol. The van der Waals surface area contributed by atoms with Crippen LogP contribution in [0.1, 0.15) is 15.9 Å². The van der Waals surface area contributed by atoms with Crippen molar-refractivity contribution in [2.45, 2.75) is 6.92 Å². The van der Waals surface area contributed by atoms with Crippen LogP contribution in [0.3, 0.4) is 0 Å². The minimum atomic E-state index is -0.452. The molecule has 92 valence electrons. The summed E-state index contributed by atoms with van der Waals surface area (Å²) in [6.07, 6.45) is 0.737. The molecule has 2 nitrogen and oxygen atoms in total. The van der Waals surface area contributed by atoms with Gasteiger partial charge >= 0.3 is 0 Å². The highest BCUT2D eigenvalue weighted by Gasteiger charge is 2.13. The zero-order valence-electron chi connectivity index (χ0n) is 10.2. The zero-order chi connectivity index (χ0) is 13.1. The number of methoxy groups -OCH3 is 1. The summed E-state index contributed by atoms with van der Waals surface area (Å²) >= 11 is 0. The van der Waals surface area contributed by atoms with E-state index in [1.165, 1.54) is 7.11 Å². The van der Waals surface area contributed by atoms with E-state index < -0.39 is 5.82 Å². The molecule has 2 rings (SSSR count). The van der Waals surface area contributed by atoms with Crippen molar-refractivity contribution in [1.29, 1.82) is 0 Å². The van der Waals surface area contributed by atoms with Crippen LogP contribution in [0, 0.1) is 12.7 Å². The van der Waals surface area contributed by atoms with Crippen LogP contribution in [-0.4, -0.2) is 13.4 Å². The third kappa shape index (κ3) is 2.12. The van der Waals surface area contributed by atoms with Gasteiger partial charge in [-0.1, -0.05) is 29.8 Å². The Morgan fingerprint density at radius 2 is 1.94 bits per heavy atom. The van der Waals surface area contributed by atoms with Crippen LogP contribution in [0.15, 0.2) is 36.4 Å². The van der Waals surface area contributed by atoms with Crippen molar-refractivity contribution >= 4 is 6.29 Å². The third-order valence-corrected chi connectivity index (χ3v) is 2.81. The maximum Gasteiger partial charge on any atom is 0.172 e. The second kappa shape index (κ2) is 5.00. The summed E-state index contributed by atoms with van der Waals surface area (Å²) in [6.45, 7) is 1.89. The van der Waals surface area contributed by atoms with Gasteiger partial charge in [-0.15, -0.1) is 0 Å². The number of aldehydes is 1. The Kier molecular flexibility index (Phi) is 3.42. The summed E-state index contributed by atoms with van der Waals surface area (Å²) in [5.74, 6) is -0.281. The molecule has 0 radical (unpaired) electrons. The molecule has 0 spiro atoms. The van der Waals surface area contributed by atoms with Crippen molar-refractivity contribution < 1.29 is 13.9 Å². The molecule has 0 saturated heterocycles. The lowest BCUT2D eigenvalue weighted by Crippen LogP contribution is -1.94. The molecule has 0 N–H and O–H groups in total. The highest BCUT2D eigenvalue weighted by molar-refractivity contribution is 5.88. The Labute approximate surface area is 105 Å². The highest BCUT2D eigenvalue weighted by atomic mass is 19.1. The summed E-state index contributed by atoms with van der Waals surface area (Å²) in [5, 5.41) is 0. The van der Waals surface area contributed by atoms with E-state index in [-0.39, 0.29) is 5.75 Å². The van der Waals surface area contributed by atoms with E-state index >= 15 is 0 Å². The second-order valence-corrected chi connectivity index (χ2v) is 4.03. The van der Waals surface area contributed by atoms with Gasteiger partial charge in [-0.3, -0.25) is 4.79 Å². The number of carbonyl (C=O) groups excluding carboxylic acids is 1. The van der Waals surface area contributed by atoms with Crippen LogP contribution in [0.4, 0.5) is 4.39 Å². The molecule has 2 aromatic rings. The normalized spacial score (nSPS) is 10.2. The van der Waals surface area contributed by atoms with E-state index in [1.807, 2.05) is 13.0 Å². The van der Waals surface area contributed by atoms with Gasteiger partial charge in [-0.25, -0.2) is 4.39 Å². The largest absolute Gasteiger partial charge is 0.494 e. The number of carbonyl (C=O) groups is 1. The summed E-state index contributed by atoms with van der Waals surface area (Å²) in [7, 11) is 1.41. The van der Waals surface area contributed by atoms with Gasteiger partial charge in [-0.2, -0.15) is 0 Å². The Morgan fingerprint density at radius 1 is 1.17 bits per heavy atom. The SMILES string of the molecule is COc1cccc(-c2ccc(C)cc2C=O)c1F. The maximum absolute atomic E-state index is 14.1. The van der Waals surface area contributed by atoms with E-state index in [0.717, 1.165) is 11.8 Å². The molecule has 0 saturated carbocycles. The van der Waals surface area contributed by atoms with Gasteiger partial charge in [-0.05, 0) is 24.6 Å². The fraction of sp³-hybridized carbons (Fsp3) is 0.133. The number of ether oxygens (including phenoxy) is 1. The summed E-state index contributed by atoms with van der Waals surface area (Å²) in [5.41, 5.74) is 2.38. The molecule has 0 atom stereocenters. The molecule has 0 fully saturated rings. The standard InChI is InChI=1S/C15H13FO2/c1-10-6-7-12(11(8-10)9-17)13-4-3-5-14(18-2)15(13)16/h3-9H,1-2H3.